The number of hydrogen-bond acceptors (Lipinski definition) is 5. The fourth-order valence-corrected chi connectivity index (χ4v) is 2.44. The van der Waals surface area contributed by atoms with Gasteiger partial charge in [0, 0.05) is 23.7 Å². The Kier molecular flexibility index (Phi) is 6.14. The van der Waals surface area contributed by atoms with Crippen molar-refractivity contribution in [3.8, 4) is 0 Å². The predicted octanol–water partition coefficient (Wildman–Crippen LogP) is 2.37. The van der Waals surface area contributed by atoms with Crippen molar-refractivity contribution in [1.82, 2.24) is 10.3 Å². The molecule has 0 bridgehead atoms. The fourth-order valence-electron chi connectivity index (χ4n) is 1.80. The summed E-state index contributed by atoms with van der Waals surface area (Å²) < 4.78 is 5.48. The number of aliphatic hydroxyl groups excluding tert-OH is 1. The Bertz CT molecular complexity index is 476. The largest absolute Gasteiger partial charge is 0.389 e. The molecule has 20 heavy (non-hydrogen) atoms. The maximum Gasteiger partial charge on any atom is 0.0898 e. The topological polar surface area (TPSA) is 54.4 Å². The number of thiophene rings is 1. The average molecular weight is 292 g/mol. The number of aromatic nitrogens is 1. The minimum atomic E-state index is -0.513. The molecule has 0 aromatic carbocycles. The standard InChI is InChI=1S/C15H20N2O2S/c1-12(15-6-2-3-7-16-15)17-9-13(18)10-19-11-14-5-4-8-20-14/h2-8,12-13,17-18H,9-11H2,1H3. The van der Waals surface area contributed by atoms with Crippen LogP contribution in [0.3, 0.4) is 0 Å². The molecule has 0 radical (unpaired) electrons. The number of nitrogens with one attached hydrogen (secondary N) is 1. The van der Waals surface area contributed by atoms with Gasteiger partial charge in [0.1, 0.15) is 0 Å². The highest BCUT2D eigenvalue weighted by molar-refractivity contribution is 7.09. The maximum absolute atomic E-state index is 9.87. The molecule has 0 amide bonds. The number of nitrogens with zero attached hydrogens (tertiary/aromatic N) is 1. The summed E-state index contributed by atoms with van der Waals surface area (Å²) in [6.45, 7) is 3.41. The minimum Gasteiger partial charge on any atom is -0.389 e. The monoisotopic (exact) mass is 292 g/mol. The van der Waals surface area contributed by atoms with E-state index in [1.807, 2.05) is 42.6 Å². The normalized spacial score (nSPS) is 14.1. The number of rotatable bonds is 8. The summed E-state index contributed by atoms with van der Waals surface area (Å²) in [6.07, 6.45) is 1.26. The second-order valence-corrected chi connectivity index (χ2v) is 5.67. The Labute approximate surface area is 123 Å². The molecule has 0 fully saturated rings. The first-order valence-electron chi connectivity index (χ1n) is 6.68. The lowest BCUT2D eigenvalue weighted by molar-refractivity contribution is 0.0287. The maximum atomic E-state index is 9.87. The summed E-state index contributed by atoms with van der Waals surface area (Å²) >= 11 is 1.66. The lowest BCUT2D eigenvalue weighted by Crippen LogP contribution is -2.32. The van der Waals surface area contributed by atoms with E-state index in [9.17, 15) is 5.11 Å². The van der Waals surface area contributed by atoms with Crippen LogP contribution in [0.1, 0.15) is 23.5 Å². The molecule has 5 heteroatoms. The zero-order valence-electron chi connectivity index (χ0n) is 11.5. The zero-order chi connectivity index (χ0) is 14.2. The third-order valence-corrected chi connectivity index (χ3v) is 3.78. The molecule has 0 saturated heterocycles. The highest BCUT2D eigenvalue weighted by Crippen LogP contribution is 2.10. The molecule has 0 spiro atoms. The van der Waals surface area contributed by atoms with Gasteiger partial charge < -0.3 is 15.2 Å². The molecule has 2 rings (SSSR count). The van der Waals surface area contributed by atoms with Gasteiger partial charge in [-0.1, -0.05) is 12.1 Å². The Morgan fingerprint density at radius 2 is 2.25 bits per heavy atom. The van der Waals surface area contributed by atoms with Crippen molar-refractivity contribution >= 4 is 11.3 Å². The van der Waals surface area contributed by atoms with E-state index in [1.165, 1.54) is 4.88 Å². The van der Waals surface area contributed by atoms with Crippen LogP contribution in [0, 0.1) is 0 Å². The first-order valence-corrected chi connectivity index (χ1v) is 7.56. The molecular weight excluding hydrogens is 272 g/mol. The van der Waals surface area contributed by atoms with Crippen LogP contribution >= 0.6 is 11.3 Å². The molecule has 4 nitrogen and oxygen atoms in total. The fraction of sp³-hybridized carbons (Fsp3) is 0.400. The quantitative estimate of drug-likeness (QED) is 0.784. The van der Waals surface area contributed by atoms with Gasteiger partial charge in [0.05, 0.1) is 25.0 Å². The van der Waals surface area contributed by atoms with E-state index in [4.69, 9.17) is 4.74 Å². The Morgan fingerprint density at radius 3 is 2.95 bits per heavy atom. The van der Waals surface area contributed by atoms with Gasteiger partial charge in [-0.25, -0.2) is 0 Å². The molecule has 0 aliphatic heterocycles. The van der Waals surface area contributed by atoms with Crippen LogP contribution in [0.2, 0.25) is 0 Å². The van der Waals surface area contributed by atoms with Gasteiger partial charge in [0.2, 0.25) is 0 Å². The summed E-state index contributed by atoms with van der Waals surface area (Å²) in [5.41, 5.74) is 0.971. The molecule has 2 N–H and O–H groups in total. The third kappa shape index (κ3) is 5.02. The number of pyridine rings is 1. The van der Waals surface area contributed by atoms with Gasteiger partial charge in [-0.3, -0.25) is 4.98 Å². The van der Waals surface area contributed by atoms with Crippen molar-refractivity contribution in [2.24, 2.45) is 0 Å². The number of ether oxygens (including phenoxy) is 1. The smallest absolute Gasteiger partial charge is 0.0898 e. The third-order valence-electron chi connectivity index (χ3n) is 2.93. The van der Waals surface area contributed by atoms with Crippen LogP contribution in [0.4, 0.5) is 0 Å². The van der Waals surface area contributed by atoms with Crippen molar-refractivity contribution < 1.29 is 9.84 Å². The van der Waals surface area contributed by atoms with Crippen molar-refractivity contribution in [3.63, 3.8) is 0 Å². The number of hydrogen-bond donors (Lipinski definition) is 2. The average Bonchev–Trinajstić information content (AvgIpc) is 2.99. The molecule has 0 aliphatic carbocycles. The minimum absolute atomic E-state index is 0.114. The summed E-state index contributed by atoms with van der Waals surface area (Å²) in [5.74, 6) is 0. The highest BCUT2D eigenvalue weighted by atomic mass is 32.1. The summed E-state index contributed by atoms with van der Waals surface area (Å²) in [7, 11) is 0. The van der Waals surface area contributed by atoms with Gasteiger partial charge in [0.25, 0.3) is 0 Å². The molecule has 0 aliphatic rings. The van der Waals surface area contributed by atoms with Crippen LogP contribution in [0.15, 0.2) is 41.9 Å². The second-order valence-electron chi connectivity index (χ2n) is 4.63. The Morgan fingerprint density at radius 1 is 1.35 bits per heavy atom. The molecule has 0 saturated carbocycles. The highest BCUT2D eigenvalue weighted by Gasteiger charge is 2.09. The van der Waals surface area contributed by atoms with E-state index >= 15 is 0 Å². The molecule has 2 heterocycles. The Hall–Kier alpha value is -1.27. The lowest BCUT2D eigenvalue weighted by Gasteiger charge is -2.16. The zero-order valence-corrected chi connectivity index (χ0v) is 12.3. The summed E-state index contributed by atoms with van der Waals surface area (Å²) in [6, 6.07) is 9.96. The molecule has 2 atom stereocenters. The lowest BCUT2D eigenvalue weighted by atomic mass is 10.2. The first kappa shape index (κ1) is 15.1. The molecule has 2 aromatic rings. The Balaban J connectivity index is 1.63. The molecular formula is C15H20N2O2S. The van der Waals surface area contributed by atoms with E-state index in [2.05, 4.69) is 10.3 Å². The van der Waals surface area contributed by atoms with Crippen molar-refractivity contribution in [1.29, 1.82) is 0 Å². The van der Waals surface area contributed by atoms with E-state index in [0.717, 1.165) is 5.69 Å². The van der Waals surface area contributed by atoms with Gasteiger partial charge in [0.15, 0.2) is 0 Å². The summed E-state index contributed by atoms with van der Waals surface area (Å²) in [5, 5.41) is 15.1. The second kappa shape index (κ2) is 8.11. The van der Waals surface area contributed by atoms with Crippen LogP contribution < -0.4 is 5.32 Å². The van der Waals surface area contributed by atoms with Crippen molar-refractivity contribution in [2.75, 3.05) is 13.2 Å². The van der Waals surface area contributed by atoms with E-state index in [0.29, 0.717) is 19.8 Å². The SMILES string of the molecule is CC(NCC(O)COCc1cccs1)c1ccccn1. The van der Waals surface area contributed by atoms with Gasteiger partial charge in [-0.05, 0) is 30.5 Å². The molecule has 2 unspecified atom stereocenters. The van der Waals surface area contributed by atoms with Gasteiger partial charge in [-0.15, -0.1) is 11.3 Å². The van der Waals surface area contributed by atoms with Crippen LogP contribution in [-0.2, 0) is 11.3 Å². The summed E-state index contributed by atoms with van der Waals surface area (Å²) in [4.78, 5) is 5.45. The first-order chi connectivity index (χ1) is 9.75. The molecule has 108 valence electrons. The number of aliphatic hydroxyl groups is 1. The van der Waals surface area contributed by atoms with E-state index in [-0.39, 0.29) is 6.04 Å². The predicted molar refractivity (Wildman–Crippen MR) is 80.6 cm³/mol. The van der Waals surface area contributed by atoms with Gasteiger partial charge in [-0.2, -0.15) is 0 Å². The molecule has 2 aromatic heterocycles. The van der Waals surface area contributed by atoms with Crippen LogP contribution in [0.5, 0.6) is 0 Å². The van der Waals surface area contributed by atoms with Crippen molar-refractivity contribution in [2.45, 2.75) is 25.7 Å². The van der Waals surface area contributed by atoms with Gasteiger partial charge >= 0.3 is 0 Å². The van der Waals surface area contributed by atoms with E-state index < -0.39 is 6.10 Å². The van der Waals surface area contributed by atoms with Crippen molar-refractivity contribution in [3.05, 3.63) is 52.5 Å². The van der Waals surface area contributed by atoms with Crippen LogP contribution in [-0.4, -0.2) is 29.3 Å². The van der Waals surface area contributed by atoms with Crippen LogP contribution in [0.25, 0.3) is 0 Å². The van der Waals surface area contributed by atoms with E-state index in [1.54, 1.807) is 17.5 Å².